The van der Waals surface area contributed by atoms with Crippen molar-refractivity contribution < 1.29 is 43.9 Å². The number of rotatable bonds is 5. The van der Waals surface area contributed by atoms with Crippen molar-refractivity contribution in [1.82, 2.24) is 9.80 Å². The van der Waals surface area contributed by atoms with Crippen LogP contribution in [0.1, 0.15) is 33.5 Å². The monoisotopic (exact) mass is 531 g/mol. The number of aromatic hydroxyl groups is 1. The van der Waals surface area contributed by atoms with E-state index in [-0.39, 0.29) is 48.2 Å². The molecule has 5 rings (SSSR count). The lowest BCUT2D eigenvalue weighted by atomic mass is 9.58. The van der Waals surface area contributed by atoms with Crippen LogP contribution in [0.5, 0.6) is 5.75 Å². The number of carbonyl (C=O) groups is 3. The lowest BCUT2D eigenvalue weighted by Gasteiger charge is -2.50. The van der Waals surface area contributed by atoms with Gasteiger partial charge in [-0.1, -0.05) is 0 Å². The summed E-state index contributed by atoms with van der Waals surface area (Å²) in [6, 6.07) is -1.10. The molecule has 0 saturated carbocycles. The van der Waals surface area contributed by atoms with Crippen LogP contribution in [-0.4, -0.2) is 93.7 Å². The maximum Gasteiger partial charge on any atom is 0.255 e. The summed E-state index contributed by atoms with van der Waals surface area (Å²) in [5.74, 6) is -8.12. The lowest BCUT2D eigenvalue weighted by Crippen LogP contribution is -2.63. The highest BCUT2D eigenvalue weighted by molar-refractivity contribution is 6.24. The fourth-order valence-corrected chi connectivity index (χ4v) is 6.66. The van der Waals surface area contributed by atoms with E-state index >= 15 is 4.39 Å². The fraction of sp³-hybridized carbons (Fsp3) is 0.500. The van der Waals surface area contributed by atoms with Gasteiger partial charge in [0.25, 0.3) is 5.91 Å². The number of phenolic OH excluding ortho intramolecular Hbond substituents is 1. The predicted octanol–water partition coefficient (Wildman–Crippen LogP) is 0.222. The quantitative estimate of drug-likeness (QED) is 0.331. The molecule has 4 aliphatic rings. The Bertz CT molecular complexity index is 1350. The Labute approximate surface area is 217 Å². The average Bonchev–Trinajstić information content (AvgIpc) is 3.28. The van der Waals surface area contributed by atoms with E-state index in [1.165, 1.54) is 4.90 Å². The second-order valence-corrected chi connectivity index (χ2v) is 10.6. The molecule has 0 radical (unpaired) electrons. The first-order valence-corrected chi connectivity index (χ1v) is 12.3. The number of aliphatic hydroxyl groups is 3. The Morgan fingerprint density at radius 1 is 1.18 bits per heavy atom. The number of phenols is 1. The number of nitrogens with zero attached hydrogens (tertiary/aromatic N) is 2. The number of fused-ring (bicyclic) bond motifs is 4. The summed E-state index contributed by atoms with van der Waals surface area (Å²) in [4.78, 5) is 42.5. The second-order valence-electron chi connectivity index (χ2n) is 10.6. The molecule has 204 valence electrons. The molecule has 12 heteroatoms. The lowest BCUT2D eigenvalue weighted by molar-refractivity contribution is -0.148. The van der Waals surface area contributed by atoms with Crippen molar-refractivity contribution in [2.24, 2.45) is 17.6 Å². The van der Waals surface area contributed by atoms with Crippen LogP contribution in [0.3, 0.4) is 0 Å². The van der Waals surface area contributed by atoms with E-state index in [1.807, 2.05) is 4.90 Å². The summed E-state index contributed by atoms with van der Waals surface area (Å²) in [7, 11) is 4.63. The average molecular weight is 532 g/mol. The minimum Gasteiger partial charge on any atom is -0.510 e. The van der Waals surface area contributed by atoms with Gasteiger partial charge in [0.2, 0.25) is 5.78 Å². The fourth-order valence-electron chi connectivity index (χ4n) is 6.66. The third-order valence-corrected chi connectivity index (χ3v) is 8.41. The topological polar surface area (TPSA) is 174 Å². The van der Waals surface area contributed by atoms with Gasteiger partial charge in [0, 0.05) is 54.9 Å². The Kier molecular flexibility index (Phi) is 6.14. The van der Waals surface area contributed by atoms with Gasteiger partial charge in [-0.2, -0.15) is 0 Å². The molecule has 0 spiro atoms. The Hall–Kier alpha value is -3.32. The van der Waals surface area contributed by atoms with Crippen LogP contribution in [0.4, 0.5) is 4.39 Å². The van der Waals surface area contributed by atoms with Gasteiger partial charge in [-0.25, -0.2) is 4.39 Å². The molecule has 0 aromatic heterocycles. The number of carbonyl (C=O) groups excluding carboxylic acids is 3. The minimum absolute atomic E-state index is 0.00737. The first kappa shape index (κ1) is 26.3. The number of halogens is 1. The normalized spacial score (nSPS) is 28.9. The van der Waals surface area contributed by atoms with Crippen molar-refractivity contribution in [2.75, 3.05) is 34.4 Å². The van der Waals surface area contributed by atoms with Gasteiger partial charge in [0.15, 0.2) is 11.4 Å². The summed E-state index contributed by atoms with van der Waals surface area (Å²) < 4.78 is 20.9. The predicted molar refractivity (Wildman–Crippen MR) is 130 cm³/mol. The molecular formula is C26H30FN3O8. The zero-order valence-corrected chi connectivity index (χ0v) is 21.2. The zero-order chi connectivity index (χ0) is 27.8. The van der Waals surface area contributed by atoms with E-state index < -0.39 is 69.6 Å². The van der Waals surface area contributed by atoms with Gasteiger partial charge in [-0.15, -0.1) is 0 Å². The van der Waals surface area contributed by atoms with Crippen LogP contribution < -0.4 is 5.73 Å². The molecular weight excluding hydrogens is 501 g/mol. The number of methoxy groups -OCH3 is 1. The number of primary amides is 1. The smallest absolute Gasteiger partial charge is 0.255 e. The van der Waals surface area contributed by atoms with E-state index in [0.717, 1.165) is 0 Å². The number of ketones is 2. The molecule has 4 atom stereocenters. The largest absolute Gasteiger partial charge is 0.510 e. The molecule has 6 N–H and O–H groups in total. The molecule has 3 aliphatic carbocycles. The number of hydrogen-bond acceptors (Lipinski definition) is 10. The molecule has 1 amide bonds. The van der Waals surface area contributed by atoms with Crippen molar-refractivity contribution in [3.63, 3.8) is 0 Å². The SMILES string of the molecule is COCCN1Cc2c(O)c3c(c(F)c2C1)C[C@H]1C[C@H]2[C@H](N(C)C)C(O)=C(C(N)=O)C(=O)[C@@]2(O)C(O)=C1C3=O. The van der Waals surface area contributed by atoms with Gasteiger partial charge in [0.1, 0.15) is 28.7 Å². The molecule has 0 saturated heterocycles. The molecule has 0 unspecified atom stereocenters. The summed E-state index contributed by atoms with van der Waals surface area (Å²) in [5, 5.41) is 44.8. The van der Waals surface area contributed by atoms with Crippen molar-refractivity contribution in [3.05, 3.63) is 50.7 Å². The van der Waals surface area contributed by atoms with Crippen molar-refractivity contribution in [2.45, 2.75) is 37.6 Å². The van der Waals surface area contributed by atoms with Gasteiger partial charge in [-0.05, 0) is 32.9 Å². The van der Waals surface area contributed by atoms with Crippen LogP contribution in [0, 0.1) is 17.7 Å². The maximum absolute atomic E-state index is 15.8. The van der Waals surface area contributed by atoms with Gasteiger partial charge in [-0.3, -0.25) is 24.2 Å². The Balaban J connectivity index is 1.66. The van der Waals surface area contributed by atoms with Crippen LogP contribution in [0.25, 0.3) is 0 Å². The van der Waals surface area contributed by atoms with Gasteiger partial charge >= 0.3 is 0 Å². The van der Waals surface area contributed by atoms with Gasteiger partial charge in [0.05, 0.1) is 18.2 Å². The van der Waals surface area contributed by atoms with E-state index in [1.54, 1.807) is 21.2 Å². The highest BCUT2D eigenvalue weighted by Crippen LogP contribution is 2.53. The standard InChI is InChI=1S/C26H30FN3O8/c1-29(2)19-14-7-10-6-11-16(20(31)13-9-30(4-5-38-3)8-12(13)18(11)27)21(32)15(10)23(34)26(14,37)24(35)17(22(19)33)25(28)36/h10,14,19,31,33-34,37H,4-9H2,1-3H3,(H2,28,36)/t10-,14-,19-,26-/m0/s1. The van der Waals surface area contributed by atoms with Crippen LogP contribution in [-0.2, 0) is 33.8 Å². The first-order chi connectivity index (χ1) is 17.9. The van der Waals surface area contributed by atoms with E-state index in [0.29, 0.717) is 18.7 Å². The summed E-state index contributed by atoms with van der Waals surface area (Å²) in [6.07, 6.45) is -0.178. The minimum atomic E-state index is -2.73. The summed E-state index contributed by atoms with van der Waals surface area (Å²) in [5.41, 5.74) is 1.67. The third kappa shape index (κ3) is 3.37. The molecule has 11 nitrogen and oxygen atoms in total. The molecule has 1 aliphatic heterocycles. The zero-order valence-electron chi connectivity index (χ0n) is 21.2. The van der Waals surface area contributed by atoms with Gasteiger partial charge < -0.3 is 30.9 Å². The molecule has 1 aromatic rings. The number of nitrogens with two attached hydrogens (primary N) is 1. The molecule has 0 bridgehead atoms. The van der Waals surface area contributed by atoms with Crippen molar-refractivity contribution >= 4 is 17.5 Å². The Morgan fingerprint density at radius 3 is 2.45 bits per heavy atom. The molecule has 1 aromatic carbocycles. The van der Waals surface area contributed by atoms with Crippen molar-refractivity contribution in [3.8, 4) is 5.75 Å². The highest BCUT2D eigenvalue weighted by atomic mass is 19.1. The Morgan fingerprint density at radius 2 is 1.84 bits per heavy atom. The number of Topliss-reactive ketones (excluding diaryl/α,β-unsaturated/α-hetero) is 2. The maximum atomic E-state index is 15.8. The number of likely N-dealkylation sites (N-methyl/N-ethyl adjacent to an activating group) is 1. The number of amides is 1. The summed E-state index contributed by atoms with van der Waals surface area (Å²) >= 11 is 0. The van der Waals surface area contributed by atoms with Crippen LogP contribution >= 0.6 is 0 Å². The van der Waals surface area contributed by atoms with E-state index in [2.05, 4.69) is 0 Å². The number of hydrogen-bond donors (Lipinski definition) is 5. The summed E-state index contributed by atoms with van der Waals surface area (Å²) in [6.45, 7) is 1.30. The molecule has 1 heterocycles. The third-order valence-electron chi connectivity index (χ3n) is 8.41. The van der Waals surface area contributed by atoms with Crippen LogP contribution in [0.15, 0.2) is 22.7 Å². The number of ether oxygens (including phenoxy) is 1. The number of benzene rings is 1. The molecule has 0 fully saturated rings. The number of allylic oxidation sites excluding steroid dienone is 1. The molecule has 38 heavy (non-hydrogen) atoms. The van der Waals surface area contributed by atoms with E-state index in [9.17, 15) is 34.8 Å². The van der Waals surface area contributed by atoms with Crippen LogP contribution in [0.2, 0.25) is 0 Å². The van der Waals surface area contributed by atoms with E-state index in [4.69, 9.17) is 10.5 Å². The second kappa shape index (κ2) is 8.87. The highest BCUT2D eigenvalue weighted by Gasteiger charge is 2.63. The van der Waals surface area contributed by atoms with Crippen molar-refractivity contribution in [1.29, 1.82) is 0 Å². The number of aliphatic hydroxyl groups excluding tert-OH is 2. The first-order valence-electron chi connectivity index (χ1n) is 12.3.